The number of aromatic amines is 1. The third-order valence-corrected chi connectivity index (χ3v) is 5.28. The van der Waals surface area contributed by atoms with Crippen molar-refractivity contribution in [3.63, 3.8) is 0 Å². The molecular weight excluding hydrogens is 613 g/mol. The molecule has 43 heavy (non-hydrogen) atoms. The lowest BCUT2D eigenvalue weighted by atomic mass is 10.3. The molecule has 17 heteroatoms. The Labute approximate surface area is 252 Å². The average Bonchev–Trinajstić information content (AvgIpc) is 3.55. The van der Waals surface area contributed by atoms with Gasteiger partial charge in [-0.2, -0.15) is 15.0 Å². The summed E-state index contributed by atoms with van der Waals surface area (Å²) in [5, 5.41) is 3.35. The van der Waals surface area contributed by atoms with Crippen LogP contribution in [0.5, 0.6) is 0 Å². The molecule has 226 valence electrons. The molecular formula is C26H24Cl2F2N8O5. The fourth-order valence-electron chi connectivity index (χ4n) is 2.84. The van der Waals surface area contributed by atoms with Crippen molar-refractivity contribution in [2.75, 3.05) is 30.0 Å². The molecule has 1 fully saturated rings. The molecule has 13 nitrogen and oxygen atoms in total. The van der Waals surface area contributed by atoms with Crippen molar-refractivity contribution in [2.45, 2.75) is 12.8 Å². The van der Waals surface area contributed by atoms with Crippen LogP contribution in [0.25, 0.3) is 0 Å². The number of ether oxygens (including phenoxy) is 1. The van der Waals surface area contributed by atoms with Gasteiger partial charge >= 0.3 is 17.4 Å². The SMILES string of the molecule is C1CCOC1.Nc1[nH]c(=O)ncc1F.Nc1nc(=O)n(C(=O)Nc2cccc(Cl)c2)cc1F.O=C=Nc1cccc(Cl)c1. The Bertz CT molecular complexity index is 1690. The van der Waals surface area contributed by atoms with Crippen molar-refractivity contribution in [1.82, 2.24) is 19.5 Å². The number of hydrogen-bond acceptors (Lipinski definition) is 10. The van der Waals surface area contributed by atoms with E-state index in [0.29, 0.717) is 32.2 Å². The van der Waals surface area contributed by atoms with E-state index in [1.807, 2.05) is 4.98 Å². The summed E-state index contributed by atoms with van der Waals surface area (Å²) in [6, 6.07) is 12.1. The molecule has 0 radical (unpaired) electrons. The first-order valence-electron chi connectivity index (χ1n) is 12.0. The molecule has 0 unspecified atom stereocenters. The summed E-state index contributed by atoms with van der Waals surface area (Å²) in [4.78, 5) is 54.8. The molecule has 1 saturated heterocycles. The lowest BCUT2D eigenvalue weighted by molar-refractivity contribution is 0.198. The normalized spacial score (nSPS) is 11.3. The van der Waals surface area contributed by atoms with Gasteiger partial charge in [0.05, 0.1) is 18.1 Å². The Morgan fingerprint density at radius 3 is 2.23 bits per heavy atom. The molecule has 0 saturated carbocycles. The Balaban J connectivity index is 0.000000225. The topological polar surface area (TPSA) is 200 Å². The van der Waals surface area contributed by atoms with E-state index >= 15 is 0 Å². The van der Waals surface area contributed by atoms with E-state index in [1.54, 1.807) is 42.5 Å². The van der Waals surface area contributed by atoms with E-state index < -0.39 is 34.9 Å². The van der Waals surface area contributed by atoms with Crippen LogP contribution in [0.1, 0.15) is 12.8 Å². The van der Waals surface area contributed by atoms with E-state index in [4.69, 9.17) is 39.4 Å². The van der Waals surface area contributed by atoms with E-state index in [2.05, 4.69) is 20.3 Å². The number of nitrogens with two attached hydrogens (primary N) is 2. The molecule has 0 atom stereocenters. The predicted molar refractivity (Wildman–Crippen MR) is 157 cm³/mol. The van der Waals surface area contributed by atoms with Crippen molar-refractivity contribution >= 4 is 58.3 Å². The summed E-state index contributed by atoms with van der Waals surface area (Å²) in [7, 11) is 0. The third-order valence-electron chi connectivity index (χ3n) is 4.81. The maximum Gasteiger partial charge on any atom is 0.357 e. The number of isocyanates is 1. The van der Waals surface area contributed by atoms with Gasteiger partial charge in [0.25, 0.3) is 0 Å². The van der Waals surface area contributed by atoms with Crippen molar-refractivity contribution in [3.8, 4) is 0 Å². The van der Waals surface area contributed by atoms with Gasteiger partial charge in [0.2, 0.25) is 6.08 Å². The van der Waals surface area contributed by atoms with Crippen LogP contribution in [0.3, 0.4) is 0 Å². The second-order valence-corrected chi connectivity index (χ2v) is 8.89. The number of hydrogen-bond donors (Lipinski definition) is 4. The van der Waals surface area contributed by atoms with Crippen LogP contribution in [-0.4, -0.2) is 44.8 Å². The number of amides is 1. The Kier molecular flexibility index (Phi) is 14.2. The lowest BCUT2D eigenvalue weighted by Gasteiger charge is -2.07. The molecule has 5 rings (SSSR count). The van der Waals surface area contributed by atoms with E-state index in [0.717, 1.165) is 19.4 Å². The zero-order valence-corrected chi connectivity index (χ0v) is 23.6. The smallest absolute Gasteiger partial charge is 0.357 e. The molecule has 3 heterocycles. The molecule has 6 N–H and O–H groups in total. The van der Waals surface area contributed by atoms with Crippen molar-refractivity contribution in [1.29, 1.82) is 0 Å². The number of anilines is 3. The molecule has 1 aliphatic heterocycles. The van der Waals surface area contributed by atoms with Gasteiger partial charge in [0.15, 0.2) is 17.5 Å². The minimum absolute atomic E-state index is 0.282. The van der Waals surface area contributed by atoms with Gasteiger partial charge < -0.3 is 21.5 Å². The first-order chi connectivity index (χ1) is 20.5. The van der Waals surface area contributed by atoms with Crippen LogP contribution in [0.2, 0.25) is 10.0 Å². The Morgan fingerprint density at radius 1 is 1.05 bits per heavy atom. The number of benzene rings is 2. The van der Waals surface area contributed by atoms with Crippen LogP contribution < -0.4 is 28.2 Å². The van der Waals surface area contributed by atoms with E-state index in [-0.39, 0.29) is 5.82 Å². The van der Waals surface area contributed by atoms with Gasteiger partial charge in [-0.15, -0.1) is 0 Å². The predicted octanol–water partition coefficient (Wildman–Crippen LogP) is 4.29. The monoisotopic (exact) mass is 636 g/mol. The molecule has 1 aliphatic rings. The van der Waals surface area contributed by atoms with Crippen molar-refractivity contribution in [2.24, 2.45) is 4.99 Å². The number of halogens is 4. The Hall–Kier alpha value is -4.95. The Morgan fingerprint density at radius 2 is 1.70 bits per heavy atom. The largest absolute Gasteiger partial charge is 0.383 e. The highest BCUT2D eigenvalue weighted by molar-refractivity contribution is 6.31. The van der Waals surface area contributed by atoms with Gasteiger partial charge in [-0.1, -0.05) is 35.3 Å². The molecule has 0 aliphatic carbocycles. The number of nitrogens with one attached hydrogen (secondary N) is 2. The van der Waals surface area contributed by atoms with Crippen LogP contribution in [-0.2, 0) is 9.53 Å². The fourth-order valence-corrected chi connectivity index (χ4v) is 3.22. The van der Waals surface area contributed by atoms with Crippen molar-refractivity contribution in [3.05, 3.63) is 104 Å². The molecule has 0 spiro atoms. The van der Waals surface area contributed by atoms with Crippen LogP contribution in [0.15, 0.2) is 75.5 Å². The van der Waals surface area contributed by atoms with Crippen molar-refractivity contribution < 1.29 is 23.1 Å². The minimum Gasteiger partial charge on any atom is -0.383 e. The average molecular weight is 637 g/mol. The molecule has 2 aromatic carbocycles. The maximum absolute atomic E-state index is 13.2. The van der Waals surface area contributed by atoms with Crippen LogP contribution in [0, 0.1) is 11.6 Å². The number of carbonyl (C=O) groups excluding carboxylic acids is 2. The number of carbonyl (C=O) groups is 1. The van der Waals surface area contributed by atoms with Gasteiger partial charge in [0.1, 0.15) is 5.82 Å². The van der Waals surface area contributed by atoms with Gasteiger partial charge in [-0.25, -0.2) is 32.5 Å². The van der Waals surface area contributed by atoms with E-state index in [9.17, 15) is 28.0 Å². The quantitative estimate of drug-likeness (QED) is 0.183. The summed E-state index contributed by atoms with van der Waals surface area (Å²) >= 11 is 11.3. The second kappa shape index (κ2) is 17.8. The first-order valence-corrected chi connectivity index (χ1v) is 12.8. The first kappa shape index (κ1) is 34.3. The number of aromatic nitrogens is 4. The zero-order chi connectivity index (χ0) is 31.8. The van der Waals surface area contributed by atoms with Gasteiger partial charge in [0, 0.05) is 28.9 Å². The maximum atomic E-state index is 13.2. The zero-order valence-electron chi connectivity index (χ0n) is 22.1. The number of rotatable bonds is 2. The number of nitrogen functional groups attached to an aromatic ring is 2. The lowest BCUT2D eigenvalue weighted by Crippen LogP contribution is -2.33. The minimum atomic E-state index is -0.974. The fraction of sp³-hybridized carbons (Fsp3) is 0.154. The summed E-state index contributed by atoms with van der Waals surface area (Å²) in [6.07, 6.45) is 5.43. The number of aliphatic imine (C=N–C) groups is 1. The summed E-state index contributed by atoms with van der Waals surface area (Å²) in [5.41, 5.74) is 9.34. The standard InChI is InChI=1S/C11H8ClFN4O2.C7H4ClNO.C4H4FN3O.C4H8O/c12-6-2-1-3-7(4-6)15-10(18)17-5-8(13)9(14)16-11(17)19;8-6-2-1-3-7(4-6)9-5-10;5-2-1-7-4(9)8-3(2)6;1-2-4-5-3-1/h1-5H,(H,15,18)(H2,14,16,19);1-4H;1H,(H3,6,7,8,9);1-4H2. The van der Waals surface area contributed by atoms with E-state index in [1.165, 1.54) is 25.0 Å². The molecule has 2 aromatic heterocycles. The number of H-pyrrole nitrogens is 1. The van der Waals surface area contributed by atoms with Gasteiger partial charge in [-0.05, 0) is 49.2 Å². The van der Waals surface area contributed by atoms with Crippen LogP contribution in [0.4, 0.5) is 36.6 Å². The molecule has 0 bridgehead atoms. The number of nitrogens with zero attached hydrogens (tertiary/aromatic N) is 4. The second-order valence-electron chi connectivity index (χ2n) is 8.02. The summed E-state index contributed by atoms with van der Waals surface area (Å²) in [5.74, 6) is -2.51. The summed E-state index contributed by atoms with van der Waals surface area (Å²) < 4.78 is 30.7. The highest BCUT2D eigenvalue weighted by Crippen LogP contribution is 2.17. The van der Waals surface area contributed by atoms with Gasteiger partial charge in [-0.3, -0.25) is 4.98 Å². The highest BCUT2D eigenvalue weighted by atomic mass is 35.5. The highest BCUT2D eigenvalue weighted by Gasteiger charge is 2.12. The molecule has 4 aromatic rings. The third kappa shape index (κ3) is 12.6. The summed E-state index contributed by atoms with van der Waals surface area (Å²) in [6.45, 7) is 2.00. The van der Waals surface area contributed by atoms with Crippen LogP contribution >= 0.6 is 23.2 Å². The molecule has 1 amide bonds.